The molecule has 0 radical (unpaired) electrons. The molecule has 7 heteroatoms. The summed E-state index contributed by atoms with van der Waals surface area (Å²) in [4.78, 5) is 19.3. The van der Waals surface area contributed by atoms with Gasteiger partial charge in [0, 0.05) is 17.0 Å². The Labute approximate surface area is 82.9 Å². The Balaban J connectivity index is 4.53. The quantitative estimate of drug-likeness (QED) is 0.377. The molecule has 0 bridgehead atoms. The molecule has 0 spiro atoms. The van der Waals surface area contributed by atoms with Crippen LogP contribution in [0, 0.1) is 0 Å². The fraction of sp³-hybridized carbons (Fsp3) is 0.833. The minimum absolute atomic E-state index is 0.190. The van der Waals surface area contributed by atoms with Gasteiger partial charge < -0.3 is 0 Å². The van der Waals surface area contributed by atoms with Gasteiger partial charge in [-0.05, 0) is 0 Å². The molecule has 0 N–H and O–H groups in total. The summed E-state index contributed by atoms with van der Waals surface area (Å²) in [7, 11) is 7.36. The van der Waals surface area contributed by atoms with Crippen molar-refractivity contribution in [3.63, 3.8) is 0 Å². The van der Waals surface area contributed by atoms with Crippen molar-refractivity contribution in [3.8, 4) is 0 Å². The zero-order valence-corrected chi connectivity index (χ0v) is 9.25. The lowest BCUT2D eigenvalue weighted by Gasteiger charge is -2.28. The summed E-state index contributed by atoms with van der Waals surface area (Å²) in [5.41, 5.74) is 0. The van der Waals surface area contributed by atoms with Crippen LogP contribution >= 0.6 is 12.2 Å². The van der Waals surface area contributed by atoms with Crippen molar-refractivity contribution in [2.75, 3.05) is 35.5 Å². The Kier molecular flexibility index (Phi) is 5.30. The second-order valence-corrected chi connectivity index (χ2v) is 2.48. The first-order chi connectivity index (χ1) is 6.05. The van der Waals surface area contributed by atoms with Gasteiger partial charge in [0.25, 0.3) is 0 Å². The van der Waals surface area contributed by atoms with Gasteiger partial charge in [-0.2, -0.15) is 9.68 Å². The van der Waals surface area contributed by atoms with Crippen molar-refractivity contribution in [1.29, 1.82) is 0 Å². The Morgan fingerprint density at radius 3 is 1.69 bits per heavy atom. The van der Waals surface area contributed by atoms with E-state index in [2.05, 4.69) is 0 Å². The monoisotopic (exact) mass is 211 g/mol. The molecule has 0 amide bonds. The maximum Gasteiger partial charge on any atom is 0.389 e. The summed E-state index contributed by atoms with van der Waals surface area (Å²) in [6.07, 6.45) is 0. The lowest BCUT2D eigenvalue weighted by Crippen LogP contribution is -2.53. The van der Waals surface area contributed by atoms with E-state index in [4.69, 9.17) is 31.6 Å². The largest absolute Gasteiger partial charge is 0.389 e. The highest BCUT2D eigenvalue weighted by Crippen LogP contribution is 2.09. The molecule has 0 aromatic heterocycles. The number of nitrogens with zero attached hydrogens (tertiary/aromatic N) is 2. The number of rotatable bonds is 4. The van der Waals surface area contributed by atoms with Crippen LogP contribution in [0.4, 0.5) is 0 Å². The summed E-state index contributed by atoms with van der Waals surface area (Å²) in [5.74, 6) is 0. The third-order valence-corrected chi connectivity index (χ3v) is 2.01. The van der Waals surface area contributed by atoms with Crippen LogP contribution < -0.4 is 0 Å². The highest BCUT2D eigenvalue weighted by molar-refractivity contribution is 7.79. The molecule has 0 aliphatic carbocycles. The summed E-state index contributed by atoms with van der Waals surface area (Å²) < 4.78 is 0. The van der Waals surface area contributed by atoms with Crippen LogP contribution in [0.15, 0.2) is 0 Å². The first-order valence-electron chi connectivity index (χ1n) is 3.46. The molecule has 0 rings (SSSR count). The zero-order valence-electron chi connectivity index (χ0n) is 8.44. The van der Waals surface area contributed by atoms with E-state index in [1.165, 1.54) is 28.4 Å². The van der Waals surface area contributed by atoms with Crippen molar-refractivity contribution < 1.29 is 24.2 Å². The molecule has 0 aromatic rings. The lowest BCUT2D eigenvalue weighted by atomic mass is 11.0. The molecule has 0 heterocycles. The molecular weight excluding hydrogens is 196 g/mol. The summed E-state index contributed by atoms with van der Waals surface area (Å²) in [6, 6.07) is 0. The molecule has 78 valence electrons. The van der Waals surface area contributed by atoms with Crippen molar-refractivity contribution >= 4 is 17.3 Å². The molecule has 0 unspecified atom stereocenters. The molecule has 0 aromatic carbocycles. The fourth-order valence-electron chi connectivity index (χ4n) is 0.610. The molecule has 0 aliphatic rings. The van der Waals surface area contributed by atoms with Crippen molar-refractivity contribution in [1.82, 2.24) is 5.23 Å². The number of quaternary nitrogens is 1. The Morgan fingerprint density at radius 2 is 1.46 bits per heavy atom. The fourth-order valence-corrected chi connectivity index (χ4v) is 0.908. The average molecular weight is 211 g/mol. The SMILES string of the molecule is CON(OC)C(=S)[N+](C)(OC)OC. The van der Waals surface area contributed by atoms with Crippen LogP contribution in [0.3, 0.4) is 0 Å². The molecule has 6 nitrogen and oxygen atoms in total. The van der Waals surface area contributed by atoms with E-state index in [-0.39, 0.29) is 9.92 Å². The summed E-state index contributed by atoms with van der Waals surface area (Å²) >= 11 is 5.01. The molecule has 0 fully saturated rings. The Bertz CT molecular complexity index is 170. The average Bonchev–Trinajstić information content (AvgIpc) is 2.18. The van der Waals surface area contributed by atoms with Crippen molar-refractivity contribution in [2.45, 2.75) is 0 Å². The van der Waals surface area contributed by atoms with Gasteiger partial charge in [-0.15, -0.1) is 0 Å². The van der Waals surface area contributed by atoms with Crippen LogP contribution in [0.2, 0.25) is 0 Å². The normalized spacial score (nSPS) is 11.5. The molecule has 0 atom stereocenters. The van der Waals surface area contributed by atoms with Gasteiger partial charge in [-0.25, -0.2) is 9.68 Å². The predicted molar refractivity (Wildman–Crippen MR) is 48.7 cm³/mol. The van der Waals surface area contributed by atoms with Gasteiger partial charge >= 0.3 is 5.11 Å². The van der Waals surface area contributed by atoms with Gasteiger partial charge in [-0.1, -0.05) is 5.23 Å². The van der Waals surface area contributed by atoms with E-state index >= 15 is 0 Å². The molecule has 0 aliphatic heterocycles. The van der Waals surface area contributed by atoms with Crippen LogP contribution in [0.25, 0.3) is 0 Å². The van der Waals surface area contributed by atoms with Gasteiger partial charge in [0.2, 0.25) is 0 Å². The highest BCUT2D eigenvalue weighted by Gasteiger charge is 2.36. The summed E-state index contributed by atoms with van der Waals surface area (Å²) in [5, 5.41) is 1.21. The maximum atomic E-state index is 5.01. The number of hydroxylamine groups is 6. The molecule has 0 saturated heterocycles. The number of hydrogen-bond donors (Lipinski definition) is 0. The minimum atomic E-state index is -0.364. The standard InChI is InChI=1S/C6H15N2O4S/c1-8(11-4,12-5)6(13)7(9-2)10-3/h1-5H3/q+1. The zero-order chi connectivity index (χ0) is 10.5. The van der Waals surface area contributed by atoms with Gasteiger partial charge in [-0.3, -0.25) is 0 Å². The van der Waals surface area contributed by atoms with Gasteiger partial charge in [0.1, 0.15) is 21.3 Å². The molecular formula is C6H15N2O4S+. The van der Waals surface area contributed by atoms with Crippen LogP contribution in [0.1, 0.15) is 0 Å². The van der Waals surface area contributed by atoms with E-state index in [0.29, 0.717) is 0 Å². The topological polar surface area (TPSA) is 40.2 Å². The van der Waals surface area contributed by atoms with Crippen molar-refractivity contribution in [3.05, 3.63) is 0 Å². The smallest absolute Gasteiger partial charge is 0.247 e. The van der Waals surface area contributed by atoms with Crippen LogP contribution in [-0.4, -0.2) is 50.6 Å². The molecule has 13 heavy (non-hydrogen) atoms. The minimum Gasteiger partial charge on any atom is -0.247 e. The van der Waals surface area contributed by atoms with Gasteiger partial charge in [0.05, 0.1) is 14.2 Å². The number of thiocarbonyl (C=S) groups is 1. The van der Waals surface area contributed by atoms with Crippen LogP contribution in [0.5, 0.6) is 0 Å². The Hall–Kier alpha value is -0.310. The van der Waals surface area contributed by atoms with Crippen LogP contribution in [-0.2, 0) is 19.4 Å². The Morgan fingerprint density at radius 1 is 1.08 bits per heavy atom. The van der Waals surface area contributed by atoms with E-state index in [1.807, 2.05) is 0 Å². The number of hydrogen-bond acceptors (Lipinski definition) is 5. The van der Waals surface area contributed by atoms with Gasteiger partial charge in [0.15, 0.2) is 0 Å². The first-order valence-corrected chi connectivity index (χ1v) is 3.87. The predicted octanol–water partition coefficient (Wildman–Crippen LogP) is 0.265. The third-order valence-electron chi connectivity index (χ3n) is 1.53. The highest BCUT2D eigenvalue weighted by atomic mass is 32.1. The second-order valence-electron chi connectivity index (χ2n) is 2.12. The first kappa shape index (κ1) is 12.7. The molecule has 0 saturated carbocycles. The van der Waals surface area contributed by atoms with E-state index in [1.54, 1.807) is 7.05 Å². The van der Waals surface area contributed by atoms with E-state index in [0.717, 1.165) is 5.23 Å². The third kappa shape index (κ3) is 2.83. The van der Waals surface area contributed by atoms with E-state index < -0.39 is 0 Å². The maximum absolute atomic E-state index is 5.01. The van der Waals surface area contributed by atoms with E-state index in [9.17, 15) is 0 Å². The lowest BCUT2D eigenvalue weighted by molar-refractivity contribution is -1.17. The second kappa shape index (κ2) is 5.43. The summed E-state index contributed by atoms with van der Waals surface area (Å²) in [6.45, 7) is 0. The van der Waals surface area contributed by atoms with Crippen molar-refractivity contribution in [2.24, 2.45) is 0 Å².